The van der Waals surface area contributed by atoms with Gasteiger partial charge >= 0.3 is 5.97 Å². The Kier molecular flexibility index (Phi) is 8.04. The number of aryl methyl sites for hydroxylation is 1. The van der Waals surface area contributed by atoms with E-state index in [1.165, 1.54) is 43.0 Å². The van der Waals surface area contributed by atoms with E-state index in [-0.39, 0.29) is 16.7 Å². The third kappa shape index (κ3) is 5.90. The summed E-state index contributed by atoms with van der Waals surface area (Å²) in [6, 6.07) is 8.85. The van der Waals surface area contributed by atoms with E-state index >= 15 is 0 Å². The molecule has 0 aromatic heterocycles. The summed E-state index contributed by atoms with van der Waals surface area (Å²) in [4.78, 5) is 26.2. The predicted octanol–water partition coefficient (Wildman–Crippen LogP) is 6.34. The first kappa shape index (κ1) is 22.9. The minimum atomic E-state index is -0.815. The van der Waals surface area contributed by atoms with Crippen molar-refractivity contribution in [3.63, 3.8) is 0 Å². The van der Waals surface area contributed by atoms with Gasteiger partial charge < -0.3 is 10.0 Å². The Bertz CT molecular complexity index is 773. The number of rotatable bonds is 11. The fourth-order valence-electron chi connectivity index (χ4n) is 4.60. The number of thioether (sulfide) groups is 1. The summed E-state index contributed by atoms with van der Waals surface area (Å²) >= 11 is 1.49. The molecular formula is C25H35NO3S. The van der Waals surface area contributed by atoms with Gasteiger partial charge in [0, 0.05) is 22.9 Å². The molecule has 0 spiro atoms. The van der Waals surface area contributed by atoms with Crippen LogP contribution in [0.2, 0.25) is 0 Å². The molecule has 1 aromatic carbocycles. The molecule has 0 saturated carbocycles. The first-order valence-electron chi connectivity index (χ1n) is 11.5. The Morgan fingerprint density at radius 2 is 1.97 bits per heavy atom. The Morgan fingerprint density at radius 3 is 2.63 bits per heavy atom. The van der Waals surface area contributed by atoms with Crippen molar-refractivity contribution in [3.8, 4) is 0 Å². The van der Waals surface area contributed by atoms with Crippen LogP contribution in [0.3, 0.4) is 0 Å². The van der Waals surface area contributed by atoms with Gasteiger partial charge in [0.15, 0.2) is 0 Å². The fourth-order valence-corrected chi connectivity index (χ4v) is 5.80. The SMILES string of the molecule is CCCCCCc1ccc(N2C(=O)CC[C@@H]2CCCC2(C)CC=C(C(=O)O)S2)cc1. The van der Waals surface area contributed by atoms with Crippen molar-refractivity contribution < 1.29 is 14.7 Å². The molecule has 2 aliphatic heterocycles. The number of allylic oxidation sites excluding steroid dienone is 1. The van der Waals surface area contributed by atoms with E-state index in [1.54, 1.807) is 0 Å². The molecule has 1 amide bonds. The number of aliphatic carboxylic acids is 1. The van der Waals surface area contributed by atoms with Crippen molar-refractivity contribution in [1.82, 2.24) is 0 Å². The molecule has 0 bridgehead atoms. The van der Waals surface area contributed by atoms with E-state index in [0.29, 0.717) is 11.3 Å². The Balaban J connectivity index is 1.51. The van der Waals surface area contributed by atoms with Crippen LogP contribution in [0.5, 0.6) is 0 Å². The summed E-state index contributed by atoms with van der Waals surface area (Å²) in [5, 5.41) is 9.19. The zero-order valence-corrected chi connectivity index (χ0v) is 19.2. The average molecular weight is 430 g/mol. The number of carboxylic acid groups (broad SMARTS) is 1. The standard InChI is InChI=1S/C25H35NO3S/c1-3-4-5-6-8-19-10-12-21(13-11-19)26-20(14-15-23(26)27)9-7-17-25(2)18-16-22(30-25)24(28)29/h10-13,16,20H,3-9,14-15,17-18H2,1-2H3,(H,28,29)/t20-,25?/m0/s1. The van der Waals surface area contributed by atoms with Crippen LogP contribution < -0.4 is 4.90 Å². The van der Waals surface area contributed by atoms with Crippen LogP contribution >= 0.6 is 11.8 Å². The summed E-state index contributed by atoms with van der Waals surface area (Å²) < 4.78 is -0.0272. The molecular weight excluding hydrogens is 394 g/mol. The number of amides is 1. The molecule has 3 rings (SSSR count). The van der Waals surface area contributed by atoms with E-state index in [2.05, 4.69) is 38.1 Å². The number of carbonyl (C=O) groups excluding carboxylic acids is 1. The zero-order valence-electron chi connectivity index (χ0n) is 18.4. The molecule has 1 N–H and O–H groups in total. The molecule has 5 heteroatoms. The van der Waals surface area contributed by atoms with Gasteiger partial charge in [0.25, 0.3) is 0 Å². The van der Waals surface area contributed by atoms with Gasteiger partial charge in [-0.25, -0.2) is 4.79 Å². The summed E-state index contributed by atoms with van der Waals surface area (Å²) in [6.45, 7) is 4.39. The normalized spacial score (nSPS) is 23.8. The highest BCUT2D eigenvalue weighted by Gasteiger charge is 2.35. The number of anilines is 1. The Labute approximate surface area is 185 Å². The van der Waals surface area contributed by atoms with E-state index in [9.17, 15) is 14.7 Å². The summed E-state index contributed by atoms with van der Waals surface area (Å²) in [5.74, 6) is -0.586. The minimum Gasteiger partial charge on any atom is -0.477 e. The molecule has 2 aliphatic rings. The lowest BCUT2D eigenvalue weighted by atomic mass is 9.96. The summed E-state index contributed by atoms with van der Waals surface area (Å²) in [6.07, 6.45) is 13.3. The summed E-state index contributed by atoms with van der Waals surface area (Å²) in [5.41, 5.74) is 2.38. The van der Waals surface area contributed by atoms with Crippen LogP contribution in [0.1, 0.15) is 83.6 Å². The van der Waals surface area contributed by atoms with Gasteiger partial charge in [0.05, 0.1) is 4.91 Å². The molecule has 1 unspecified atom stereocenters. The second-order valence-corrected chi connectivity index (χ2v) is 10.6. The van der Waals surface area contributed by atoms with Crippen LogP contribution in [0.15, 0.2) is 35.2 Å². The fraction of sp³-hybridized carbons (Fsp3) is 0.600. The van der Waals surface area contributed by atoms with Gasteiger partial charge in [-0.3, -0.25) is 4.79 Å². The molecule has 0 aliphatic carbocycles. The molecule has 0 radical (unpaired) electrons. The van der Waals surface area contributed by atoms with E-state index in [4.69, 9.17) is 0 Å². The molecule has 2 atom stereocenters. The number of hydrogen-bond donors (Lipinski definition) is 1. The highest BCUT2D eigenvalue weighted by Crippen LogP contribution is 2.45. The van der Waals surface area contributed by atoms with Crippen LogP contribution in [0, 0.1) is 0 Å². The maximum absolute atomic E-state index is 12.6. The van der Waals surface area contributed by atoms with E-state index < -0.39 is 5.97 Å². The minimum absolute atomic E-state index is 0.0272. The Morgan fingerprint density at radius 1 is 1.20 bits per heavy atom. The van der Waals surface area contributed by atoms with Crippen molar-refractivity contribution in [2.45, 2.75) is 95.3 Å². The third-order valence-corrected chi connectivity index (χ3v) is 7.81. The lowest BCUT2D eigenvalue weighted by Gasteiger charge is -2.27. The first-order chi connectivity index (χ1) is 14.4. The average Bonchev–Trinajstić information content (AvgIpc) is 3.29. The molecule has 30 heavy (non-hydrogen) atoms. The van der Waals surface area contributed by atoms with Crippen LogP contribution in [0.4, 0.5) is 5.69 Å². The van der Waals surface area contributed by atoms with Gasteiger partial charge in [-0.15, -0.1) is 11.8 Å². The maximum atomic E-state index is 12.6. The van der Waals surface area contributed by atoms with Crippen molar-refractivity contribution in [1.29, 1.82) is 0 Å². The number of unbranched alkanes of at least 4 members (excludes halogenated alkanes) is 3. The van der Waals surface area contributed by atoms with Gasteiger partial charge in [0.1, 0.15) is 0 Å². The lowest BCUT2D eigenvalue weighted by Crippen LogP contribution is -2.33. The zero-order chi connectivity index (χ0) is 21.6. The second-order valence-electron chi connectivity index (χ2n) is 8.96. The largest absolute Gasteiger partial charge is 0.477 e. The third-order valence-electron chi connectivity index (χ3n) is 6.39. The molecule has 1 aromatic rings. The van der Waals surface area contributed by atoms with Crippen molar-refractivity contribution in [2.24, 2.45) is 0 Å². The highest BCUT2D eigenvalue weighted by molar-refractivity contribution is 8.05. The predicted molar refractivity (Wildman–Crippen MR) is 125 cm³/mol. The number of carboxylic acids is 1. The molecule has 2 heterocycles. The van der Waals surface area contributed by atoms with Gasteiger partial charge in [-0.05, 0) is 69.6 Å². The smallest absolute Gasteiger partial charge is 0.341 e. The van der Waals surface area contributed by atoms with Crippen molar-refractivity contribution in [3.05, 3.63) is 40.8 Å². The number of carbonyl (C=O) groups is 2. The molecule has 4 nitrogen and oxygen atoms in total. The number of hydrogen-bond acceptors (Lipinski definition) is 3. The second kappa shape index (κ2) is 10.5. The lowest BCUT2D eigenvalue weighted by molar-refractivity contribution is -0.131. The monoisotopic (exact) mass is 429 g/mol. The van der Waals surface area contributed by atoms with Crippen LogP contribution in [0.25, 0.3) is 0 Å². The number of nitrogens with zero attached hydrogens (tertiary/aromatic N) is 1. The summed E-state index contributed by atoms with van der Waals surface area (Å²) in [7, 11) is 0. The van der Waals surface area contributed by atoms with Crippen molar-refractivity contribution in [2.75, 3.05) is 4.90 Å². The highest BCUT2D eigenvalue weighted by atomic mass is 32.2. The molecule has 1 fully saturated rings. The number of benzene rings is 1. The maximum Gasteiger partial charge on any atom is 0.341 e. The topological polar surface area (TPSA) is 57.6 Å². The van der Waals surface area contributed by atoms with Gasteiger partial charge in [-0.2, -0.15) is 0 Å². The quantitative estimate of drug-likeness (QED) is 0.417. The van der Waals surface area contributed by atoms with Gasteiger partial charge in [0.2, 0.25) is 5.91 Å². The van der Waals surface area contributed by atoms with Crippen LogP contribution in [-0.2, 0) is 16.0 Å². The van der Waals surface area contributed by atoms with Crippen LogP contribution in [-0.4, -0.2) is 27.8 Å². The molecule has 1 saturated heterocycles. The van der Waals surface area contributed by atoms with E-state index in [0.717, 1.165) is 44.2 Å². The van der Waals surface area contributed by atoms with E-state index in [1.807, 2.05) is 11.0 Å². The first-order valence-corrected chi connectivity index (χ1v) is 12.3. The Hall–Kier alpha value is -1.75. The molecule has 164 valence electrons. The van der Waals surface area contributed by atoms with Gasteiger partial charge in [-0.1, -0.05) is 44.4 Å². The van der Waals surface area contributed by atoms with Crippen molar-refractivity contribution >= 4 is 29.3 Å².